The van der Waals surface area contributed by atoms with Gasteiger partial charge >= 0.3 is 0 Å². The third-order valence-electron chi connectivity index (χ3n) is 4.01. The van der Waals surface area contributed by atoms with Gasteiger partial charge in [0.1, 0.15) is 12.4 Å². The molecule has 1 aromatic carbocycles. The second-order valence-corrected chi connectivity index (χ2v) is 5.65. The lowest BCUT2D eigenvalue weighted by Crippen LogP contribution is -2.24. The van der Waals surface area contributed by atoms with Crippen molar-refractivity contribution >= 4 is 11.6 Å². The van der Waals surface area contributed by atoms with Gasteiger partial charge in [0.15, 0.2) is 0 Å². The summed E-state index contributed by atoms with van der Waals surface area (Å²) in [6.07, 6.45) is 3.33. The Morgan fingerprint density at radius 1 is 1.33 bits per heavy atom. The Bertz CT molecular complexity index is 463. The van der Waals surface area contributed by atoms with Crippen LogP contribution >= 0.6 is 0 Å². The smallest absolute Gasteiger partial charge is 0.228 e. The van der Waals surface area contributed by atoms with E-state index in [1.807, 2.05) is 24.3 Å². The number of hydrogen-bond donors (Lipinski definition) is 2. The lowest BCUT2D eigenvalue weighted by Gasteiger charge is -2.13. The van der Waals surface area contributed by atoms with Crippen LogP contribution in [-0.4, -0.2) is 38.3 Å². The van der Waals surface area contributed by atoms with Crippen molar-refractivity contribution in [1.82, 2.24) is 5.32 Å². The van der Waals surface area contributed by atoms with Crippen LogP contribution in [0, 0.1) is 5.92 Å². The van der Waals surface area contributed by atoms with Gasteiger partial charge in [-0.2, -0.15) is 0 Å². The Balaban J connectivity index is 1.47. The minimum Gasteiger partial charge on any atom is -0.491 e. The molecule has 1 amide bonds. The van der Waals surface area contributed by atoms with Gasteiger partial charge in [-0.25, -0.2) is 0 Å². The molecule has 3 rings (SSSR count). The van der Waals surface area contributed by atoms with Crippen LogP contribution < -0.4 is 15.4 Å². The van der Waals surface area contributed by atoms with Gasteiger partial charge in [0.05, 0.1) is 12.0 Å². The minimum atomic E-state index is 0.0837. The molecule has 0 bridgehead atoms. The van der Waals surface area contributed by atoms with Crippen LogP contribution in [0.3, 0.4) is 0 Å². The summed E-state index contributed by atoms with van der Waals surface area (Å²) < 4.78 is 11.2. The average molecular weight is 290 g/mol. The minimum absolute atomic E-state index is 0.0837. The average Bonchev–Trinajstić information content (AvgIpc) is 3.20. The SMILES string of the molecule is O=C(Nc1ccc(OCC2CCCO2)cc1)C1CCNC1. The summed E-state index contributed by atoms with van der Waals surface area (Å²) in [5, 5.41) is 6.15. The number of ether oxygens (including phenoxy) is 2. The first-order valence-corrected chi connectivity index (χ1v) is 7.67. The van der Waals surface area contributed by atoms with Crippen molar-refractivity contribution < 1.29 is 14.3 Å². The molecule has 2 heterocycles. The van der Waals surface area contributed by atoms with E-state index >= 15 is 0 Å². The lowest BCUT2D eigenvalue weighted by atomic mass is 10.1. The fourth-order valence-corrected chi connectivity index (χ4v) is 2.72. The van der Waals surface area contributed by atoms with Crippen LogP contribution in [0.15, 0.2) is 24.3 Å². The Morgan fingerprint density at radius 2 is 2.19 bits per heavy atom. The number of amides is 1. The zero-order chi connectivity index (χ0) is 14.5. The molecule has 114 valence electrons. The summed E-state index contributed by atoms with van der Waals surface area (Å²) >= 11 is 0. The van der Waals surface area contributed by atoms with Crippen LogP contribution in [0.25, 0.3) is 0 Å². The van der Waals surface area contributed by atoms with E-state index in [0.29, 0.717) is 6.61 Å². The molecule has 2 N–H and O–H groups in total. The summed E-state index contributed by atoms with van der Waals surface area (Å²) in [6, 6.07) is 7.53. The van der Waals surface area contributed by atoms with Gasteiger partial charge in [0.2, 0.25) is 5.91 Å². The first-order chi connectivity index (χ1) is 10.3. The Labute approximate surface area is 125 Å². The van der Waals surface area contributed by atoms with Crippen molar-refractivity contribution in [3.05, 3.63) is 24.3 Å². The van der Waals surface area contributed by atoms with Crippen molar-refractivity contribution in [2.24, 2.45) is 5.92 Å². The van der Waals surface area contributed by atoms with Crippen molar-refractivity contribution in [2.75, 3.05) is 31.6 Å². The first kappa shape index (κ1) is 14.4. The van der Waals surface area contributed by atoms with Gasteiger partial charge in [-0.15, -0.1) is 0 Å². The molecular formula is C16H22N2O3. The van der Waals surface area contributed by atoms with Crippen molar-refractivity contribution in [3.8, 4) is 5.75 Å². The standard InChI is InChI=1S/C16H22N2O3/c19-16(12-7-8-17-10-12)18-13-3-5-14(6-4-13)21-11-15-2-1-9-20-15/h3-6,12,15,17H,1-2,7-11H2,(H,18,19). The van der Waals surface area contributed by atoms with Crippen molar-refractivity contribution in [3.63, 3.8) is 0 Å². The predicted molar refractivity (Wildman–Crippen MR) is 80.5 cm³/mol. The molecule has 2 aliphatic heterocycles. The molecule has 2 aliphatic rings. The highest BCUT2D eigenvalue weighted by Crippen LogP contribution is 2.19. The van der Waals surface area contributed by atoms with E-state index in [1.165, 1.54) is 0 Å². The molecule has 0 aromatic heterocycles. The maximum absolute atomic E-state index is 12.0. The molecule has 0 radical (unpaired) electrons. The Morgan fingerprint density at radius 3 is 2.86 bits per heavy atom. The van der Waals surface area contributed by atoms with Crippen molar-refractivity contribution in [2.45, 2.75) is 25.4 Å². The number of benzene rings is 1. The summed E-state index contributed by atoms with van der Waals surface area (Å²) in [4.78, 5) is 12.0. The summed E-state index contributed by atoms with van der Waals surface area (Å²) in [5.74, 6) is 0.986. The third kappa shape index (κ3) is 3.95. The monoisotopic (exact) mass is 290 g/mol. The summed E-state index contributed by atoms with van der Waals surface area (Å²) in [6.45, 7) is 3.14. The maximum atomic E-state index is 12.0. The molecule has 0 saturated carbocycles. The molecule has 2 saturated heterocycles. The van der Waals surface area contributed by atoms with Gasteiger partial charge in [0, 0.05) is 18.8 Å². The number of anilines is 1. The van der Waals surface area contributed by atoms with E-state index in [-0.39, 0.29) is 17.9 Å². The lowest BCUT2D eigenvalue weighted by molar-refractivity contribution is -0.119. The second-order valence-electron chi connectivity index (χ2n) is 5.65. The second kappa shape index (κ2) is 6.91. The molecule has 21 heavy (non-hydrogen) atoms. The van der Waals surface area contributed by atoms with Gasteiger partial charge in [-0.05, 0) is 50.1 Å². The number of carbonyl (C=O) groups excluding carboxylic acids is 1. The number of rotatable bonds is 5. The van der Waals surface area contributed by atoms with Crippen molar-refractivity contribution in [1.29, 1.82) is 0 Å². The Kier molecular flexibility index (Phi) is 4.72. The van der Waals surface area contributed by atoms with E-state index in [9.17, 15) is 4.79 Å². The van der Waals surface area contributed by atoms with Gasteiger partial charge in [-0.3, -0.25) is 4.79 Å². The van der Waals surface area contributed by atoms with E-state index < -0.39 is 0 Å². The molecule has 2 atom stereocenters. The highest BCUT2D eigenvalue weighted by molar-refractivity contribution is 5.92. The molecule has 1 aromatic rings. The zero-order valence-corrected chi connectivity index (χ0v) is 12.1. The molecule has 5 nitrogen and oxygen atoms in total. The third-order valence-corrected chi connectivity index (χ3v) is 4.01. The number of nitrogens with one attached hydrogen (secondary N) is 2. The molecule has 2 fully saturated rings. The van der Waals surface area contributed by atoms with Crippen LogP contribution in [0.2, 0.25) is 0 Å². The van der Waals surface area contributed by atoms with E-state index in [1.54, 1.807) is 0 Å². The predicted octanol–water partition coefficient (Wildman–Crippen LogP) is 1.79. The Hall–Kier alpha value is -1.59. The summed E-state index contributed by atoms with van der Waals surface area (Å²) in [7, 11) is 0. The maximum Gasteiger partial charge on any atom is 0.228 e. The summed E-state index contributed by atoms with van der Waals surface area (Å²) in [5.41, 5.74) is 0.816. The normalized spacial score (nSPS) is 25.0. The van der Waals surface area contributed by atoms with Crippen LogP contribution in [0.1, 0.15) is 19.3 Å². The topological polar surface area (TPSA) is 59.6 Å². The van der Waals surface area contributed by atoms with E-state index in [2.05, 4.69) is 10.6 Å². The van der Waals surface area contributed by atoms with Crippen LogP contribution in [0.4, 0.5) is 5.69 Å². The molecular weight excluding hydrogens is 268 g/mol. The van der Waals surface area contributed by atoms with Crippen LogP contribution in [-0.2, 0) is 9.53 Å². The fourth-order valence-electron chi connectivity index (χ4n) is 2.72. The number of carbonyl (C=O) groups is 1. The zero-order valence-electron chi connectivity index (χ0n) is 12.1. The molecule has 0 aliphatic carbocycles. The highest BCUT2D eigenvalue weighted by atomic mass is 16.5. The van der Waals surface area contributed by atoms with E-state index in [0.717, 1.165) is 50.4 Å². The van der Waals surface area contributed by atoms with Crippen LogP contribution in [0.5, 0.6) is 5.75 Å². The molecule has 5 heteroatoms. The molecule has 0 spiro atoms. The quantitative estimate of drug-likeness (QED) is 0.868. The number of hydrogen-bond acceptors (Lipinski definition) is 4. The molecule has 2 unspecified atom stereocenters. The first-order valence-electron chi connectivity index (χ1n) is 7.67. The van der Waals surface area contributed by atoms with Gasteiger partial charge in [0.25, 0.3) is 0 Å². The largest absolute Gasteiger partial charge is 0.491 e. The van der Waals surface area contributed by atoms with Gasteiger partial charge in [-0.1, -0.05) is 0 Å². The highest BCUT2D eigenvalue weighted by Gasteiger charge is 2.22. The van der Waals surface area contributed by atoms with E-state index in [4.69, 9.17) is 9.47 Å². The fraction of sp³-hybridized carbons (Fsp3) is 0.562. The van der Waals surface area contributed by atoms with Gasteiger partial charge < -0.3 is 20.1 Å².